The molecule has 0 saturated carbocycles. The number of nitrogens with zero attached hydrogens (tertiary/aromatic N) is 1. The van der Waals surface area contributed by atoms with E-state index in [1.165, 1.54) is 4.90 Å². The Balaban J connectivity index is 1.71. The summed E-state index contributed by atoms with van der Waals surface area (Å²) in [5.41, 5.74) is 6.94. The molecule has 2 aliphatic rings. The first-order valence-corrected chi connectivity index (χ1v) is 7.05. The van der Waals surface area contributed by atoms with Crippen LogP contribution in [-0.2, 0) is 4.74 Å². The minimum Gasteiger partial charge on any atom is -0.398 e. The number of nitrogens with two attached hydrogens (primary N) is 1. The molecule has 1 saturated heterocycles. The molecule has 0 radical (unpaired) electrons. The molecule has 1 aromatic carbocycles. The molecule has 2 heterocycles. The Morgan fingerprint density at radius 3 is 2.80 bits per heavy atom. The Hall–Kier alpha value is -1.88. The van der Waals surface area contributed by atoms with E-state index < -0.39 is 0 Å². The van der Waals surface area contributed by atoms with Gasteiger partial charge in [-0.05, 0) is 37.8 Å². The van der Waals surface area contributed by atoms with Gasteiger partial charge in [0.2, 0.25) is 0 Å². The lowest BCUT2D eigenvalue weighted by Crippen LogP contribution is -2.34. The molecule has 0 spiro atoms. The zero-order valence-electron chi connectivity index (χ0n) is 11.3. The third-order valence-corrected chi connectivity index (χ3v) is 3.98. The van der Waals surface area contributed by atoms with Gasteiger partial charge in [-0.25, -0.2) is 0 Å². The van der Waals surface area contributed by atoms with Gasteiger partial charge in [-0.1, -0.05) is 6.07 Å². The fourth-order valence-electron chi connectivity index (χ4n) is 2.87. The van der Waals surface area contributed by atoms with Crippen molar-refractivity contribution >= 4 is 17.5 Å². The Kier molecular flexibility index (Phi) is 3.44. The molecule has 3 rings (SSSR count). The van der Waals surface area contributed by atoms with Crippen LogP contribution in [0.15, 0.2) is 18.2 Å². The highest BCUT2D eigenvalue weighted by Gasteiger charge is 2.37. The maximum absolute atomic E-state index is 12.3. The predicted molar refractivity (Wildman–Crippen MR) is 74.4 cm³/mol. The summed E-state index contributed by atoms with van der Waals surface area (Å²) in [4.78, 5) is 25.8. The molecule has 0 aliphatic carbocycles. The fourth-order valence-corrected chi connectivity index (χ4v) is 2.87. The van der Waals surface area contributed by atoms with Crippen molar-refractivity contribution in [3.05, 3.63) is 29.3 Å². The minimum absolute atomic E-state index is 0.158. The molecule has 20 heavy (non-hydrogen) atoms. The van der Waals surface area contributed by atoms with Crippen LogP contribution in [0.2, 0.25) is 0 Å². The van der Waals surface area contributed by atoms with Crippen LogP contribution >= 0.6 is 0 Å². The maximum Gasteiger partial charge on any atom is 0.263 e. The number of anilines is 1. The predicted octanol–water partition coefficient (Wildman–Crippen LogP) is 1.82. The van der Waals surface area contributed by atoms with Gasteiger partial charge in [0.1, 0.15) is 0 Å². The first kappa shape index (κ1) is 13.1. The van der Waals surface area contributed by atoms with Crippen LogP contribution in [0.5, 0.6) is 0 Å². The molecular weight excluding hydrogens is 256 g/mol. The summed E-state index contributed by atoms with van der Waals surface area (Å²) < 4.78 is 5.64. The van der Waals surface area contributed by atoms with Crippen LogP contribution in [0, 0.1) is 0 Å². The summed E-state index contributed by atoms with van der Waals surface area (Å²) in [6.07, 6.45) is 4.11. The summed E-state index contributed by atoms with van der Waals surface area (Å²) >= 11 is 0. The highest BCUT2D eigenvalue weighted by Crippen LogP contribution is 2.28. The van der Waals surface area contributed by atoms with Crippen molar-refractivity contribution in [1.82, 2.24) is 4.90 Å². The van der Waals surface area contributed by atoms with Crippen molar-refractivity contribution in [2.45, 2.75) is 31.8 Å². The standard InChI is InChI=1S/C15H18N2O3/c16-12-6-3-5-11-13(12)15(19)17(14(11)18)8-7-10-4-1-2-9-20-10/h3,5-6,10H,1-2,4,7-9,16H2. The number of nitrogen functional groups attached to an aromatic ring is 1. The van der Waals surface area contributed by atoms with Gasteiger partial charge >= 0.3 is 0 Å². The van der Waals surface area contributed by atoms with Gasteiger partial charge < -0.3 is 10.5 Å². The topological polar surface area (TPSA) is 72.6 Å². The van der Waals surface area contributed by atoms with Crippen molar-refractivity contribution < 1.29 is 14.3 Å². The number of benzene rings is 1. The van der Waals surface area contributed by atoms with E-state index in [0.29, 0.717) is 29.8 Å². The van der Waals surface area contributed by atoms with Crippen LogP contribution in [0.4, 0.5) is 5.69 Å². The number of hydrogen-bond acceptors (Lipinski definition) is 4. The molecule has 1 atom stereocenters. The lowest BCUT2D eigenvalue weighted by Gasteiger charge is -2.24. The van der Waals surface area contributed by atoms with Gasteiger partial charge in [0.05, 0.1) is 17.2 Å². The molecule has 0 bridgehead atoms. The molecule has 1 fully saturated rings. The van der Waals surface area contributed by atoms with Crippen molar-refractivity contribution in [2.75, 3.05) is 18.9 Å². The average molecular weight is 274 g/mol. The highest BCUT2D eigenvalue weighted by molar-refractivity contribution is 6.23. The van der Waals surface area contributed by atoms with Crippen LogP contribution in [0.3, 0.4) is 0 Å². The number of hydrogen-bond donors (Lipinski definition) is 1. The Morgan fingerprint density at radius 1 is 1.25 bits per heavy atom. The van der Waals surface area contributed by atoms with Crippen molar-refractivity contribution in [1.29, 1.82) is 0 Å². The summed E-state index contributed by atoms with van der Waals surface area (Å²) in [7, 11) is 0. The summed E-state index contributed by atoms with van der Waals surface area (Å²) in [5, 5.41) is 0. The second-order valence-electron chi connectivity index (χ2n) is 5.31. The molecular formula is C15H18N2O3. The number of ether oxygens (including phenoxy) is 1. The molecule has 5 nitrogen and oxygen atoms in total. The van der Waals surface area contributed by atoms with Gasteiger partial charge in [-0.2, -0.15) is 0 Å². The zero-order valence-corrected chi connectivity index (χ0v) is 11.3. The maximum atomic E-state index is 12.3. The Morgan fingerprint density at radius 2 is 2.10 bits per heavy atom. The molecule has 106 valence electrons. The monoisotopic (exact) mass is 274 g/mol. The average Bonchev–Trinajstić information content (AvgIpc) is 2.71. The summed E-state index contributed by atoms with van der Waals surface area (Å²) in [6.45, 7) is 1.18. The van der Waals surface area contributed by atoms with Crippen LogP contribution < -0.4 is 5.73 Å². The number of carbonyl (C=O) groups is 2. The second kappa shape index (κ2) is 5.25. The second-order valence-corrected chi connectivity index (χ2v) is 5.31. The molecule has 0 aromatic heterocycles. The first-order chi connectivity index (χ1) is 9.68. The van der Waals surface area contributed by atoms with Gasteiger partial charge in [-0.15, -0.1) is 0 Å². The van der Waals surface area contributed by atoms with E-state index in [2.05, 4.69) is 0 Å². The third-order valence-electron chi connectivity index (χ3n) is 3.98. The van der Waals surface area contributed by atoms with Crippen molar-refractivity contribution in [2.24, 2.45) is 0 Å². The van der Waals surface area contributed by atoms with Gasteiger partial charge in [-0.3, -0.25) is 14.5 Å². The molecule has 1 aromatic rings. The van der Waals surface area contributed by atoms with Gasteiger partial charge in [0.15, 0.2) is 0 Å². The molecule has 2 aliphatic heterocycles. The Bertz CT molecular complexity index is 550. The van der Waals surface area contributed by atoms with Gasteiger partial charge in [0.25, 0.3) is 11.8 Å². The number of imide groups is 1. The smallest absolute Gasteiger partial charge is 0.263 e. The SMILES string of the molecule is Nc1cccc2c1C(=O)N(CCC1CCCCO1)C2=O. The normalized spacial score (nSPS) is 22.2. The number of rotatable bonds is 3. The van der Waals surface area contributed by atoms with E-state index in [-0.39, 0.29) is 17.9 Å². The molecule has 2 N–H and O–H groups in total. The molecule has 1 unspecified atom stereocenters. The molecule has 5 heteroatoms. The quantitative estimate of drug-likeness (QED) is 0.674. The van der Waals surface area contributed by atoms with E-state index in [1.54, 1.807) is 18.2 Å². The van der Waals surface area contributed by atoms with Crippen molar-refractivity contribution in [3.63, 3.8) is 0 Å². The highest BCUT2D eigenvalue weighted by atomic mass is 16.5. The number of fused-ring (bicyclic) bond motifs is 1. The van der Waals surface area contributed by atoms with E-state index in [9.17, 15) is 9.59 Å². The lowest BCUT2D eigenvalue weighted by atomic mass is 10.1. The zero-order chi connectivity index (χ0) is 14.1. The van der Waals surface area contributed by atoms with E-state index in [1.807, 2.05) is 0 Å². The Labute approximate surface area is 117 Å². The van der Waals surface area contributed by atoms with E-state index in [0.717, 1.165) is 25.9 Å². The summed E-state index contributed by atoms with van der Waals surface area (Å²) in [6, 6.07) is 5.01. The minimum atomic E-state index is -0.279. The third kappa shape index (κ3) is 2.18. The van der Waals surface area contributed by atoms with E-state index in [4.69, 9.17) is 10.5 Å². The van der Waals surface area contributed by atoms with Crippen LogP contribution in [0.1, 0.15) is 46.4 Å². The lowest BCUT2D eigenvalue weighted by molar-refractivity contribution is 0.00680. The van der Waals surface area contributed by atoms with Gasteiger partial charge in [0, 0.05) is 18.8 Å². The largest absolute Gasteiger partial charge is 0.398 e. The van der Waals surface area contributed by atoms with Crippen LogP contribution in [0.25, 0.3) is 0 Å². The van der Waals surface area contributed by atoms with E-state index >= 15 is 0 Å². The fraction of sp³-hybridized carbons (Fsp3) is 0.467. The van der Waals surface area contributed by atoms with Crippen LogP contribution in [-0.4, -0.2) is 36.0 Å². The molecule has 2 amide bonds. The van der Waals surface area contributed by atoms with Crippen molar-refractivity contribution in [3.8, 4) is 0 Å². The number of carbonyl (C=O) groups excluding carboxylic acids is 2. The summed E-state index contributed by atoms with van der Waals surface area (Å²) in [5.74, 6) is -0.521. The first-order valence-electron chi connectivity index (χ1n) is 7.05. The number of amides is 2.